The lowest BCUT2D eigenvalue weighted by Gasteiger charge is -2.12. The van der Waals surface area contributed by atoms with Gasteiger partial charge in [-0.1, -0.05) is 11.6 Å². The Bertz CT molecular complexity index is 990. The highest BCUT2D eigenvalue weighted by atomic mass is 35.5. The van der Waals surface area contributed by atoms with E-state index in [2.05, 4.69) is 15.5 Å². The van der Waals surface area contributed by atoms with E-state index in [1.165, 1.54) is 6.92 Å². The maximum absolute atomic E-state index is 12.5. The van der Waals surface area contributed by atoms with Gasteiger partial charge in [0.05, 0.1) is 18.8 Å². The molecule has 0 radical (unpaired) electrons. The Hall–Kier alpha value is -3.06. The molecule has 26 heavy (non-hydrogen) atoms. The lowest BCUT2D eigenvalue weighted by Crippen LogP contribution is -2.22. The number of anilines is 1. The standard InChI is InChI=1S/C18H15ClN4O3/c1-10(24)23-8-13-14(9-23)21-22-17(13)20-18(25)16-7-6-15(26-16)11-2-4-12(19)5-3-11/h2-7H,8-9H2,1H3,(H2,20,21,22,25). The molecule has 2 N–H and O–H groups in total. The fourth-order valence-corrected chi connectivity index (χ4v) is 2.99. The second-order valence-electron chi connectivity index (χ2n) is 6.03. The first kappa shape index (κ1) is 16.4. The number of rotatable bonds is 3. The summed E-state index contributed by atoms with van der Waals surface area (Å²) in [5.74, 6) is 0.736. The molecule has 8 heteroatoms. The minimum Gasteiger partial charge on any atom is -0.451 e. The molecule has 0 spiro atoms. The summed E-state index contributed by atoms with van der Waals surface area (Å²) in [4.78, 5) is 25.6. The molecule has 0 aliphatic carbocycles. The fraction of sp³-hybridized carbons (Fsp3) is 0.167. The number of halogens is 1. The van der Waals surface area contributed by atoms with Crippen LogP contribution >= 0.6 is 11.6 Å². The van der Waals surface area contributed by atoms with Gasteiger partial charge in [0.25, 0.3) is 5.91 Å². The van der Waals surface area contributed by atoms with E-state index in [4.69, 9.17) is 16.0 Å². The van der Waals surface area contributed by atoms with Crippen molar-refractivity contribution in [3.8, 4) is 11.3 Å². The van der Waals surface area contributed by atoms with E-state index in [0.29, 0.717) is 29.7 Å². The highest BCUT2D eigenvalue weighted by molar-refractivity contribution is 6.30. The monoisotopic (exact) mass is 370 g/mol. The molecule has 1 aromatic carbocycles. The number of fused-ring (bicyclic) bond motifs is 1. The summed E-state index contributed by atoms with van der Waals surface area (Å²) < 4.78 is 5.64. The Morgan fingerprint density at radius 1 is 1.19 bits per heavy atom. The smallest absolute Gasteiger partial charge is 0.292 e. The normalized spacial score (nSPS) is 12.9. The molecule has 0 bridgehead atoms. The van der Waals surface area contributed by atoms with Crippen molar-refractivity contribution in [2.75, 3.05) is 5.32 Å². The molecule has 0 fully saturated rings. The van der Waals surface area contributed by atoms with Crippen LogP contribution < -0.4 is 5.32 Å². The Labute approximate surface area is 153 Å². The van der Waals surface area contributed by atoms with Gasteiger partial charge in [0, 0.05) is 23.1 Å². The number of carbonyl (C=O) groups excluding carboxylic acids is 2. The third-order valence-electron chi connectivity index (χ3n) is 4.29. The van der Waals surface area contributed by atoms with Gasteiger partial charge in [0.15, 0.2) is 11.6 Å². The largest absolute Gasteiger partial charge is 0.451 e. The van der Waals surface area contributed by atoms with Crippen LogP contribution in [0, 0.1) is 0 Å². The second-order valence-corrected chi connectivity index (χ2v) is 6.47. The Kier molecular flexibility index (Phi) is 4.00. The van der Waals surface area contributed by atoms with Gasteiger partial charge in [-0.05, 0) is 36.4 Å². The van der Waals surface area contributed by atoms with Crippen LogP contribution in [0.5, 0.6) is 0 Å². The van der Waals surface area contributed by atoms with Crippen molar-refractivity contribution in [2.24, 2.45) is 0 Å². The lowest BCUT2D eigenvalue weighted by atomic mass is 10.2. The van der Waals surface area contributed by atoms with Crippen LogP contribution in [0.3, 0.4) is 0 Å². The van der Waals surface area contributed by atoms with Crippen molar-refractivity contribution in [3.05, 3.63) is 58.4 Å². The number of hydrogen-bond donors (Lipinski definition) is 2. The van der Waals surface area contributed by atoms with E-state index < -0.39 is 5.91 Å². The van der Waals surface area contributed by atoms with Crippen LogP contribution in [0.1, 0.15) is 28.7 Å². The van der Waals surface area contributed by atoms with Crippen molar-refractivity contribution in [1.29, 1.82) is 0 Å². The van der Waals surface area contributed by atoms with Gasteiger partial charge in [-0.25, -0.2) is 0 Å². The van der Waals surface area contributed by atoms with Crippen LogP contribution in [0.2, 0.25) is 5.02 Å². The van der Waals surface area contributed by atoms with E-state index in [-0.39, 0.29) is 11.7 Å². The number of hydrogen-bond acceptors (Lipinski definition) is 4. The summed E-state index contributed by atoms with van der Waals surface area (Å²) in [6.07, 6.45) is 0. The third kappa shape index (κ3) is 2.97. The third-order valence-corrected chi connectivity index (χ3v) is 4.54. The van der Waals surface area contributed by atoms with E-state index in [0.717, 1.165) is 16.8 Å². The molecule has 0 unspecified atom stereocenters. The molecular formula is C18H15ClN4O3. The van der Waals surface area contributed by atoms with Gasteiger partial charge in [-0.15, -0.1) is 0 Å². The molecule has 4 rings (SSSR count). The molecule has 0 saturated carbocycles. The maximum atomic E-state index is 12.5. The van der Waals surface area contributed by atoms with Gasteiger partial charge in [0.2, 0.25) is 5.91 Å². The topological polar surface area (TPSA) is 91.2 Å². The fourth-order valence-electron chi connectivity index (χ4n) is 2.86. The van der Waals surface area contributed by atoms with Crippen molar-refractivity contribution in [1.82, 2.24) is 15.1 Å². The van der Waals surface area contributed by atoms with Gasteiger partial charge in [0.1, 0.15) is 5.76 Å². The summed E-state index contributed by atoms with van der Waals surface area (Å²) in [5.41, 5.74) is 2.47. The molecule has 7 nitrogen and oxygen atoms in total. The number of furan rings is 1. The van der Waals surface area contributed by atoms with Gasteiger partial charge in [-0.2, -0.15) is 5.10 Å². The molecule has 0 saturated heterocycles. The molecule has 2 amide bonds. The molecule has 3 aromatic rings. The summed E-state index contributed by atoms with van der Waals surface area (Å²) in [6.45, 7) is 2.40. The number of amides is 2. The summed E-state index contributed by atoms with van der Waals surface area (Å²) >= 11 is 5.88. The molecular weight excluding hydrogens is 356 g/mol. The minimum absolute atomic E-state index is 0.0227. The zero-order valence-corrected chi connectivity index (χ0v) is 14.6. The number of nitrogens with zero attached hydrogens (tertiary/aromatic N) is 2. The van der Waals surface area contributed by atoms with Crippen LogP contribution in [-0.2, 0) is 17.9 Å². The number of benzene rings is 1. The summed E-state index contributed by atoms with van der Waals surface area (Å²) in [5, 5.41) is 10.4. The number of H-pyrrole nitrogens is 1. The molecule has 1 aliphatic heterocycles. The summed E-state index contributed by atoms with van der Waals surface area (Å²) in [7, 11) is 0. The Morgan fingerprint density at radius 3 is 2.69 bits per heavy atom. The highest BCUT2D eigenvalue weighted by Crippen LogP contribution is 2.28. The van der Waals surface area contributed by atoms with Crippen LogP contribution in [0.4, 0.5) is 5.82 Å². The number of carbonyl (C=O) groups is 2. The van der Waals surface area contributed by atoms with Crippen molar-refractivity contribution < 1.29 is 14.0 Å². The van der Waals surface area contributed by atoms with Gasteiger partial charge >= 0.3 is 0 Å². The number of aromatic amines is 1. The molecule has 2 aromatic heterocycles. The molecule has 3 heterocycles. The zero-order valence-electron chi connectivity index (χ0n) is 13.9. The Balaban J connectivity index is 1.50. The van der Waals surface area contributed by atoms with Crippen LogP contribution in [0.15, 0.2) is 40.8 Å². The van der Waals surface area contributed by atoms with Crippen LogP contribution in [-0.4, -0.2) is 26.9 Å². The predicted molar refractivity (Wildman–Crippen MR) is 95.6 cm³/mol. The first-order valence-corrected chi connectivity index (χ1v) is 8.38. The maximum Gasteiger partial charge on any atom is 0.292 e. The highest BCUT2D eigenvalue weighted by Gasteiger charge is 2.27. The molecule has 0 atom stereocenters. The first-order chi connectivity index (χ1) is 12.5. The predicted octanol–water partition coefficient (Wildman–Crippen LogP) is 3.44. The lowest BCUT2D eigenvalue weighted by molar-refractivity contribution is -0.129. The van der Waals surface area contributed by atoms with E-state index in [1.54, 1.807) is 29.2 Å². The number of nitrogens with one attached hydrogen (secondary N) is 2. The zero-order chi connectivity index (χ0) is 18.3. The summed E-state index contributed by atoms with van der Waals surface area (Å²) in [6, 6.07) is 10.5. The van der Waals surface area contributed by atoms with Crippen molar-refractivity contribution in [2.45, 2.75) is 20.0 Å². The van der Waals surface area contributed by atoms with Crippen molar-refractivity contribution in [3.63, 3.8) is 0 Å². The van der Waals surface area contributed by atoms with E-state index in [9.17, 15) is 9.59 Å². The number of aromatic nitrogens is 2. The van der Waals surface area contributed by atoms with Gasteiger partial charge in [-0.3, -0.25) is 14.7 Å². The first-order valence-electron chi connectivity index (χ1n) is 8.00. The average molecular weight is 371 g/mol. The van der Waals surface area contributed by atoms with Crippen molar-refractivity contribution >= 4 is 29.2 Å². The van der Waals surface area contributed by atoms with E-state index in [1.807, 2.05) is 12.1 Å². The van der Waals surface area contributed by atoms with E-state index >= 15 is 0 Å². The van der Waals surface area contributed by atoms with Gasteiger partial charge < -0.3 is 14.6 Å². The quantitative estimate of drug-likeness (QED) is 0.738. The molecule has 1 aliphatic rings. The Morgan fingerprint density at radius 2 is 1.96 bits per heavy atom. The average Bonchev–Trinajstić information content (AvgIpc) is 3.32. The minimum atomic E-state index is -0.402. The SMILES string of the molecule is CC(=O)N1Cc2[nH]nc(NC(=O)c3ccc(-c4ccc(Cl)cc4)o3)c2C1. The second kappa shape index (κ2) is 6.34. The van der Waals surface area contributed by atoms with Crippen LogP contribution in [0.25, 0.3) is 11.3 Å². The molecule has 132 valence electrons.